The van der Waals surface area contributed by atoms with Crippen molar-refractivity contribution in [2.24, 2.45) is 0 Å². The summed E-state index contributed by atoms with van der Waals surface area (Å²) < 4.78 is 0. The molecule has 26 heavy (non-hydrogen) atoms. The van der Waals surface area contributed by atoms with Gasteiger partial charge in [-0.25, -0.2) is 0 Å². The predicted molar refractivity (Wildman–Crippen MR) is 111 cm³/mol. The highest BCUT2D eigenvalue weighted by molar-refractivity contribution is 5.40. The highest BCUT2D eigenvalue weighted by Gasteiger charge is 2.32. The molecule has 0 amide bonds. The van der Waals surface area contributed by atoms with Gasteiger partial charge in [-0.2, -0.15) is 0 Å². The van der Waals surface area contributed by atoms with Crippen LogP contribution in [-0.2, 0) is 11.8 Å². The van der Waals surface area contributed by atoms with Gasteiger partial charge in [-0.3, -0.25) is 0 Å². The molecule has 0 aliphatic carbocycles. The van der Waals surface area contributed by atoms with E-state index in [0.29, 0.717) is 0 Å². The van der Waals surface area contributed by atoms with Gasteiger partial charge in [0.15, 0.2) is 0 Å². The Morgan fingerprint density at radius 1 is 0.731 bits per heavy atom. The lowest BCUT2D eigenvalue weighted by atomic mass is 9.72. The van der Waals surface area contributed by atoms with Gasteiger partial charge in [-0.15, -0.1) is 6.58 Å². The molecule has 0 aliphatic heterocycles. The molecule has 1 N–H and O–H groups in total. The zero-order chi connectivity index (χ0) is 18.1. The smallest absolute Gasteiger partial charge is 0.0361 e. The minimum absolute atomic E-state index is 0.0963. The quantitative estimate of drug-likeness (QED) is 0.407. The fourth-order valence-electron chi connectivity index (χ4n) is 3.62. The zero-order valence-electron chi connectivity index (χ0n) is 15.3. The number of hydrogen-bond acceptors (Lipinski definition) is 1. The molecule has 3 rings (SSSR count). The van der Waals surface area contributed by atoms with Gasteiger partial charge in [0.25, 0.3) is 0 Å². The molecule has 1 nitrogen and oxygen atoms in total. The maximum atomic E-state index is 4.04. The maximum absolute atomic E-state index is 4.04. The van der Waals surface area contributed by atoms with Gasteiger partial charge in [0.2, 0.25) is 0 Å². The molecule has 0 fully saturated rings. The number of hydrogen-bond donors (Lipinski definition) is 1. The molecular weight excluding hydrogens is 314 g/mol. The number of benzene rings is 3. The molecule has 0 saturated carbocycles. The monoisotopic (exact) mass is 341 g/mol. The number of allylic oxidation sites excluding steroid dienone is 1. The van der Waals surface area contributed by atoms with E-state index in [4.69, 9.17) is 0 Å². The molecule has 0 aromatic heterocycles. The Morgan fingerprint density at radius 3 is 1.73 bits per heavy atom. The van der Waals surface area contributed by atoms with Crippen LogP contribution in [0.2, 0.25) is 0 Å². The number of rotatable bonds is 9. The van der Waals surface area contributed by atoms with Gasteiger partial charge < -0.3 is 5.32 Å². The second-order valence-electron chi connectivity index (χ2n) is 6.72. The molecule has 132 valence electrons. The van der Waals surface area contributed by atoms with Crippen LogP contribution in [-0.4, -0.2) is 13.1 Å². The Labute approximate surface area is 157 Å². The Hall–Kier alpha value is -2.64. The SMILES string of the molecule is C=CCC(CNCCc1ccccc1)(c1ccccc1)c1ccccc1. The van der Waals surface area contributed by atoms with E-state index in [0.717, 1.165) is 25.9 Å². The van der Waals surface area contributed by atoms with Crippen molar-refractivity contribution in [3.05, 3.63) is 120 Å². The average Bonchev–Trinajstić information content (AvgIpc) is 2.72. The van der Waals surface area contributed by atoms with Gasteiger partial charge in [0.1, 0.15) is 0 Å². The van der Waals surface area contributed by atoms with Gasteiger partial charge in [-0.1, -0.05) is 97.1 Å². The average molecular weight is 341 g/mol. The van der Waals surface area contributed by atoms with Crippen LogP contribution in [0.25, 0.3) is 0 Å². The van der Waals surface area contributed by atoms with Crippen LogP contribution in [0, 0.1) is 0 Å². The summed E-state index contributed by atoms with van der Waals surface area (Å²) in [6, 6.07) is 32.2. The van der Waals surface area contributed by atoms with Crippen molar-refractivity contribution in [2.75, 3.05) is 13.1 Å². The predicted octanol–water partition coefficient (Wildman–Crippen LogP) is 5.38. The fourth-order valence-corrected chi connectivity index (χ4v) is 3.62. The first-order valence-electron chi connectivity index (χ1n) is 9.32. The summed E-state index contributed by atoms with van der Waals surface area (Å²) in [7, 11) is 0. The normalized spacial score (nSPS) is 11.2. The standard InChI is InChI=1S/C25H27N/c1-2-19-25(23-14-8-4-9-15-23,24-16-10-5-11-17-24)21-26-20-18-22-12-6-3-7-13-22/h2-17,26H,1,18-21H2. The summed E-state index contributed by atoms with van der Waals surface area (Å²) in [6.07, 6.45) is 3.98. The van der Waals surface area contributed by atoms with Crippen LogP contribution in [0.1, 0.15) is 23.1 Å². The molecular formula is C25H27N. The summed E-state index contributed by atoms with van der Waals surface area (Å²) in [5.74, 6) is 0. The van der Waals surface area contributed by atoms with Crippen LogP contribution in [0.15, 0.2) is 104 Å². The van der Waals surface area contributed by atoms with Crippen molar-refractivity contribution in [1.29, 1.82) is 0 Å². The van der Waals surface area contributed by atoms with Gasteiger partial charge in [-0.05, 0) is 36.1 Å². The van der Waals surface area contributed by atoms with Crippen LogP contribution >= 0.6 is 0 Å². The molecule has 0 radical (unpaired) electrons. The molecule has 3 aromatic rings. The van der Waals surface area contributed by atoms with Crippen molar-refractivity contribution in [1.82, 2.24) is 5.32 Å². The largest absolute Gasteiger partial charge is 0.315 e. The molecule has 0 bridgehead atoms. The molecule has 3 aromatic carbocycles. The van der Waals surface area contributed by atoms with E-state index in [9.17, 15) is 0 Å². The van der Waals surface area contributed by atoms with E-state index in [1.165, 1.54) is 16.7 Å². The highest BCUT2D eigenvalue weighted by Crippen LogP contribution is 2.35. The first-order chi connectivity index (χ1) is 12.8. The minimum Gasteiger partial charge on any atom is -0.315 e. The lowest BCUT2D eigenvalue weighted by Gasteiger charge is -2.35. The maximum Gasteiger partial charge on any atom is 0.0361 e. The van der Waals surface area contributed by atoms with Gasteiger partial charge in [0, 0.05) is 12.0 Å². The van der Waals surface area contributed by atoms with E-state index >= 15 is 0 Å². The Bertz CT molecular complexity index is 739. The lowest BCUT2D eigenvalue weighted by Crippen LogP contribution is -2.39. The Kier molecular flexibility index (Phi) is 6.40. The van der Waals surface area contributed by atoms with Crippen LogP contribution < -0.4 is 5.32 Å². The third-order valence-electron chi connectivity index (χ3n) is 5.01. The molecule has 0 atom stereocenters. The van der Waals surface area contributed by atoms with E-state index in [1.54, 1.807) is 0 Å². The van der Waals surface area contributed by atoms with E-state index in [1.807, 2.05) is 6.08 Å². The molecule has 1 heteroatoms. The Morgan fingerprint density at radius 2 is 1.23 bits per heavy atom. The van der Waals surface area contributed by atoms with Crippen molar-refractivity contribution < 1.29 is 0 Å². The topological polar surface area (TPSA) is 12.0 Å². The lowest BCUT2D eigenvalue weighted by molar-refractivity contribution is 0.469. The van der Waals surface area contributed by atoms with Crippen molar-refractivity contribution >= 4 is 0 Å². The highest BCUT2D eigenvalue weighted by atomic mass is 14.9. The van der Waals surface area contributed by atoms with Crippen LogP contribution in [0.3, 0.4) is 0 Å². The van der Waals surface area contributed by atoms with Crippen LogP contribution in [0.4, 0.5) is 0 Å². The first-order valence-corrected chi connectivity index (χ1v) is 9.32. The summed E-state index contributed by atoms with van der Waals surface area (Å²) in [6.45, 7) is 5.89. The minimum atomic E-state index is -0.0963. The zero-order valence-corrected chi connectivity index (χ0v) is 15.3. The summed E-state index contributed by atoms with van der Waals surface area (Å²) in [4.78, 5) is 0. The first kappa shape index (κ1) is 18.2. The second-order valence-corrected chi connectivity index (χ2v) is 6.72. The molecule has 0 aliphatic rings. The van der Waals surface area contributed by atoms with Gasteiger partial charge >= 0.3 is 0 Å². The van der Waals surface area contributed by atoms with E-state index in [2.05, 4.69) is 103 Å². The number of nitrogens with one attached hydrogen (secondary N) is 1. The third kappa shape index (κ3) is 4.30. The van der Waals surface area contributed by atoms with Gasteiger partial charge in [0.05, 0.1) is 0 Å². The van der Waals surface area contributed by atoms with E-state index < -0.39 is 0 Å². The summed E-state index contributed by atoms with van der Waals surface area (Å²) >= 11 is 0. The molecule has 0 saturated heterocycles. The van der Waals surface area contributed by atoms with Crippen molar-refractivity contribution in [3.63, 3.8) is 0 Å². The molecule has 0 unspecified atom stereocenters. The van der Waals surface area contributed by atoms with E-state index in [-0.39, 0.29) is 5.41 Å². The summed E-state index contributed by atoms with van der Waals surface area (Å²) in [5.41, 5.74) is 3.94. The fraction of sp³-hybridized carbons (Fsp3) is 0.200. The van der Waals surface area contributed by atoms with Crippen molar-refractivity contribution in [2.45, 2.75) is 18.3 Å². The summed E-state index contributed by atoms with van der Waals surface area (Å²) in [5, 5.41) is 3.71. The second kappa shape index (κ2) is 9.17. The third-order valence-corrected chi connectivity index (χ3v) is 5.01. The van der Waals surface area contributed by atoms with Crippen LogP contribution in [0.5, 0.6) is 0 Å². The Balaban J connectivity index is 1.81. The molecule has 0 spiro atoms. The van der Waals surface area contributed by atoms with Crippen molar-refractivity contribution in [3.8, 4) is 0 Å². The molecule has 0 heterocycles.